The molecule has 0 heterocycles. The van der Waals surface area contributed by atoms with Crippen molar-refractivity contribution in [2.75, 3.05) is 6.61 Å². The van der Waals surface area contributed by atoms with Gasteiger partial charge in [0, 0.05) is 0 Å². The van der Waals surface area contributed by atoms with Crippen molar-refractivity contribution in [3.63, 3.8) is 0 Å². The summed E-state index contributed by atoms with van der Waals surface area (Å²) in [4.78, 5) is 0. The van der Waals surface area contributed by atoms with Gasteiger partial charge in [-0.2, -0.15) is 0 Å². The third-order valence-electron chi connectivity index (χ3n) is 9.76. The van der Waals surface area contributed by atoms with Crippen molar-refractivity contribution in [1.82, 2.24) is 0 Å². The van der Waals surface area contributed by atoms with Gasteiger partial charge in [0.2, 0.25) is 0 Å². The van der Waals surface area contributed by atoms with Gasteiger partial charge in [0.1, 0.15) is 0 Å². The Labute approximate surface area is 277 Å². The Kier molecular flexibility index (Phi) is 15.8. The van der Waals surface area contributed by atoms with Crippen LogP contribution in [0.1, 0.15) is 121 Å². The molecule has 248 valence electrons. The smallest absolute Gasteiger partial charge is 0.0804 e. The Bertz CT molecular complexity index is 1200. The van der Waals surface area contributed by atoms with Crippen molar-refractivity contribution >= 4 is 0 Å². The number of aliphatic hydroxyl groups excluding tert-OH is 2. The van der Waals surface area contributed by atoms with Gasteiger partial charge in [-0.1, -0.05) is 134 Å². The lowest BCUT2D eigenvalue weighted by molar-refractivity contribution is 0.0488. The molecule has 2 nitrogen and oxygen atoms in total. The van der Waals surface area contributed by atoms with E-state index in [1.165, 1.54) is 72.0 Å². The second-order valence-corrected chi connectivity index (χ2v) is 14.9. The minimum atomic E-state index is -0.741. The van der Waals surface area contributed by atoms with E-state index in [2.05, 4.69) is 142 Å². The van der Waals surface area contributed by atoms with Crippen LogP contribution in [0.3, 0.4) is 0 Å². The Morgan fingerprint density at radius 1 is 0.667 bits per heavy atom. The summed E-state index contributed by atoms with van der Waals surface area (Å²) in [7, 11) is 0. The Balaban J connectivity index is 1.97. The second kappa shape index (κ2) is 18.5. The third kappa shape index (κ3) is 13.3. The molecule has 45 heavy (non-hydrogen) atoms. The van der Waals surface area contributed by atoms with E-state index in [0.717, 1.165) is 11.1 Å². The first-order valence-corrected chi connectivity index (χ1v) is 17.2. The SMILES string of the molecule is CC(C=CC1=C(C)CCCC1(C)C)=CC=CC(C)=CCC(CC=C(C)C=CC=C(C)C=CC1=C(C)CCCC1(C)C)C(O)CO. The van der Waals surface area contributed by atoms with Crippen molar-refractivity contribution in [1.29, 1.82) is 0 Å². The molecule has 0 amide bonds. The molecule has 0 radical (unpaired) electrons. The van der Waals surface area contributed by atoms with Gasteiger partial charge < -0.3 is 10.2 Å². The molecule has 0 aromatic heterocycles. The number of aliphatic hydroxyl groups is 2. The van der Waals surface area contributed by atoms with E-state index in [1.54, 1.807) is 0 Å². The van der Waals surface area contributed by atoms with E-state index >= 15 is 0 Å². The summed E-state index contributed by atoms with van der Waals surface area (Å²) in [5.74, 6) is -0.0344. The van der Waals surface area contributed by atoms with Crippen molar-refractivity contribution in [3.8, 4) is 0 Å². The highest BCUT2D eigenvalue weighted by Crippen LogP contribution is 2.41. The molecule has 1 unspecified atom stereocenters. The zero-order valence-electron chi connectivity index (χ0n) is 30.3. The van der Waals surface area contributed by atoms with E-state index in [4.69, 9.17) is 0 Å². The zero-order chi connectivity index (χ0) is 33.6. The van der Waals surface area contributed by atoms with E-state index in [9.17, 15) is 10.2 Å². The van der Waals surface area contributed by atoms with Crippen molar-refractivity contribution in [2.45, 2.75) is 127 Å². The lowest BCUT2D eigenvalue weighted by Crippen LogP contribution is -2.23. The van der Waals surface area contributed by atoms with Crippen molar-refractivity contribution < 1.29 is 10.2 Å². The van der Waals surface area contributed by atoms with Gasteiger partial charge in [-0.3, -0.25) is 0 Å². The first-order valence-electron chi connectivity index (χ1n) is 17.2. The summed E-state index contributed by atoms with van der Waals surface area (Å²) in [6, 6.07) is 0. The van der Waals surface area contributed by atoms with E-state index in [1.807, 2.05) is 0 Å². The predicted octanol–water partition coefficient (Wildman–Crippen LogP) is 11.8. The average Bonchev–Trinajstić information content (AvgIpc) is 2.95. The monoisotopic (exact) mass is 612 g/mol. The Morgan fingerprint density at radius 2 is 1.07 bits per heavy atom. The van der Waals surface area contributed by atoms with Gasteiger partial charge >= 0.3 is 0 Å². The lowest BCUT2D eigenvalue weighted by Gasteiger charge is -2.33. The molecular weight excluding hydrogens is 548 g/mol. The van der Waals surface area contributed by atoms with Gasteiger partial charge in [-0.25, -0.2) is 0 Å². The van der Waals surface area contributed by atoms with Crippen LogP contribution in [0, 0.1) is 16.7 Å². The van der Waals surface area contributed by atoms with Gasteiger partial charge in [0.05, 0.1) is 12.7 Å². The zero-order valence-corrected chi connectivity index (χ0v) is 30.3. The molecule has 0 fully saturated rings. The Morgan fingerprint density at radius 3 is 1.42 bits per heavy atom. The molecule has 0 saturated heterocycles. The maximum Gasteiger partial charge on any atom is 0.0804 e. The standard InChI is InChI=1S/C43H64O2/c1-32(15-11-17-34(3)23-27-39-36(5)19-13-29-42(39,7)8)21-25-38(41(45)31-44)26-22-33(2)16-12-18-35(4)24-28-40-37(6)20-14-30-43(40,9)10/h11-12,15-18,21-24,27-28,38,41,44-45H,13-14,19-20,25-26,29-31H2,1-10H3. The lowest BCUT2D eigenvalue weighted by atomic mass is 9.72. The van der Waals surface area contributed by atoms with Gasteiger partial charge in [0.25, 0.3) is 0 Å². The fourth-order valence-electron chi connectivity index (χ4n) is 6.63. The van der Waals surface area contributed by atoms with Gasteiger partial charge in [-0.05, 0) is 121 Å². The van der Waals surface area contributed by atoms with Gasteiger partial charge in [-0.15, -0.1) is 0 Å². The van der Waals surface area contributed by atoms with Crippen LogP contribution < -0.4 is 0 Å². The molecule has 1 atom stereocenters. The fraction of sp³-hybridized carbons (Fsp3) is 0.535. The minimum absolute atomic E-state index is 0.0344. The summed E-state index contributed by atoms with van der Waals surface area (Å²) in [6.07, 6.45) is 34.4. The highest BCUT2D eigenvalue weighted by Gasteiger charge is 2.27. The van der Waals surface area contributed by atoms with Gasteiger partial charge in [0.15, 0.2) is 0 Å². The molecule has 0 saturated carbocycles. The van der Waals surface area contributed by atoms with Crippen LogP contribution in [0.5, 0.6) is 0 Å². The molecule has 0 aromatic carbocycles. The summed E-state index contributed by atoms with van der Waals surface area (Å²) >= 11 is 0. The third-order valence-corrected chi connectivity index (χ3v) is 9.76. The number of allylic oxidation sites excluding steroid dienone is 20. The highest BCUT2D eigenvalue weighted by atomic mass is 16.3. The fourth-order valence-corrected chi connectivity index (χ4v) is 6.63. The van der Waals surface area contributed by atoms with Crippen molar-refractivity contribution in [3.05, 3.63) is 117 Å². The topological polar surface area (TPSA) is 40.5 Å². The number of hydrogen-bond acceptors (Lipinski definition) is 2. The largest absolute Gasteiger partial charge is 0.394 e. The molecule has 0 aromatic rings. The second-order valence-electron chi connectivity index (χ2n) is 14.9. The molecule has 2 N–H and O–H groups in total. The summed E-state index contributed by atoms with van der Waals surface area (Å²) < 4.78 is 0. The maximum atomic E-state index is 10.5. The first-order chi connectivity index (χ1) is 21.2. The first kappa shape index (κ1) is 38.5. The van der Waals surface area contributed by atoms with Crippen molar-refractivity contribution in [2.24, 2.45) is 16.7 Å². The molecule has 0 aliphatic heterocycles. The van der Waals surface area contributed by atoms with Crippen LogP contribution in [0.25, 0.3) is 0 Å². The average molecular weight is 613 g/mol. The number of hydrogen-bond donors (Lipinski definition) is 2. The normalized spacial score (nSPS) is 22.1. The number of rotatable bonds is 14. The van der Waals surface area contributed by atoms with Crippen LogP contribution in [-0.4, -0.2) is 22.9 Å². The van der Waals surface area contributed by atoms with Crippen LogP contribution >= 0.6 is 0 Å². The molecule has 2 heteroatoms. The van der Waals surface area contributed by atoms with Crippen LogP contribution in [0.15, 0.2) is 117 Å². The summed E-state index contributed by atoms with van der Waals surface area (Å²) in [5.41, 5.74) is 11.3. The molecule has 2 rings (SSSR count). The van der Waals surface area contributed by atoms with Crippen LogP contribution in [-0.2, 0) is 0 Å². The van der Waals surface area contributed by atoms with E-state index in [0.29, 0.717) is 12.8 Å². The quantitative estimate of drug-likeness (QED) is 0.192. The minimum Gasteiger partial charge on any atom is -0.394 e. The molecular formula is C43H64O2. The highest BCUT2D eigenvalue weighted by molar-refractivity contribution is 5.38. The molecule has 0 bridgehead atoms. The molecule has 2 aliphatic rings. The summed E-state index contributed by atoms with van der Waals surface area (Å²) in [5, 5.41) is 20.2. The maximum absolute atomic E-state index is 10.5. The van der Waals surface area contributed by atoms with E-state index < -0.39 is 6.10 Å². The Hall–Kier alpha value is -2.68. The predicted molar refractivity (Wildman–Crippen MR) is 198 cm³/mol. The van der Waals surface area contributed by atoms with Crippen LogP contribution in [0.4, 0.5) is 0 Å². The molecule has 2 aliphatic carbocycles. The summed E-state index contributed by atoms with van der Waals surface area (Å²) in [6.45, 7) is 22.2. The van der Waals surface area contributed by atoms with Crippen LogP contribution in [0.2, 0.25) is 0 Å². The van der Waals surface area contributed by atoms with E-state index in [-0.39, 0.29) is 23.4 Å². The molecule has 0 spiro atoms.